The summed E-state index contributed by atoms with van der Waals surface area (Å²) in [7, 11) is 1.58. The molecule has 1 aromatic rings. The molecule has 21 heavy (non-hydrogen) atoms. The topological polar surface area (TPSA) is 75.8 Å². The lowest BCUT2D eigenvalue weighted by Gasteiger charge is -2.21. The van der Waals surface area contributed by atoms with Crippen molar-refractivity contribution in [2.45, 2.75) is 6.92 Å². The highest BCUT2D eigenvalue weighted by Crippen LogP contribution is 2.12. The van der Waals surface area contributed by atoms with Gasteiger partial charge in [0.25, 0.3) is 5.91 Å². The molecule has 0 saturated heterocycles. The largest absolute Gasteiger partial charge is 0.395 e. The molecule has 0 atom stereocenters. The number of hydrogen-bond acceptors (Lipinski definition) is 4. The lowest BCUT2D eigenvalue weighted by molar-refractivity contribution is 0.0656. The number of rotatable bonds is 6. The SMILES string of the molecule is COCCN(CCO)C(=O)c1cc(C)cc(C#CCN)c1. The van der Waals surface area contributed by atoms with Crippen molar-refractivity contribution in [1.29, 1.82) is 0 Å². The molecule has 0 aliphatic heterocycles. The van der Waals surface area contributed by atoms with Crippen LogP contribution in [0.15, 0.2) is 18.2 Å². The van der Waals surface area contributed by atoms with Crippen molar-refractivity contribution in [3.05, 3.63) is 34.9 Å². The van der Waals surface area contributed by atoms with Crippen LogP contribution in [0, 0.1) is 18.8 Å². The predicted molar refractivity (Wildman–Crippen MR) is 82.0 cm³/mol. The van der Waals surface area contributed by atoms with Gasteiger partial charge in [0.05, 0.1) is 19.8 Å². The first kappa shape index (κ1) is 17.2. The molecule has 0 saturated carbocycles. The minimum Gasteiger partial charge on any atom is -0.395 e. The Bertz CT molecular complexity index is 532. The smallest absolute Gasteiger partial charge is 0.254 e. The molecule has 0 bridgehead atoms. The summed E-state index contributed by atoms with van der Waals surface area (Å²) in [5.74, 6) is 5.58. The summed E-state index contributed by atoms with van der Waals surface area (Å²) in [6, 6.07) is 5.47. The lowest BCUT2D eigenvalue weighted by atomic mass is 10.1. The Kier molecular flexibility index (Phi) is 7.48. The van der Waals surface area contributed by atoms with E-state index in [9.17, 15) is 4.79 Å². The summed E-state index contributed by atoms with van der Waals surface area (Å²) >= 11 is 0. The zero-order valence-corrected chi connectivity index (χ0v) is 12.6. The molecule has 0 aliphatic rings. The quantitative estimate of drug-likeness (QED) is 0.743. The predicted octanol–water partition coefficient (Wildman–Crippen LogP) is 0.386. The Balaban J connectivity index is 3.00. The van der Waals surface area contributed by atoms with Crippen molar-refractivity contribution >= 4 is 5.91 Å². The first-order valence-corrected chi connectivity index (χ1v) is 6.82. The summed E-state index contributed by atoms with van der Waals surface area (Å²) in [6.45, 7) is 3.25. The summed E-state index contributed by atoms with van der Waals surface area (Å²) in [6.07, 6.45) is 0. The molecule has 5 heteroatoms. The van der Waals surface area contributed by atoms with E-state index in [4.69, 9.17) is 15.6 Å². The summed E-state index contributed by atoms with van der Waals surface area (Å²) < 4.78 is 4.99. The van der Waals surface area contributed by atoms with E-state index in [1.165, 1.54) is 0 Å². The first-order valence-electron chi connectivity index (χ1n) is 6.82. The number of aliphatic hydroxyl groups excluding tert-OH is 1. The van der Waals surface area contributed by atoms with E-state index in [0.29, 0.717) is 18.7 Å². The second-order valence-electron chi connectivity index (χ2n) is 4.60. The molecule has 0 heterocycles. The van der Waals surface area contributed by atoms with Gasteiger partial charge in [-0.2, -0.15) is 0 Å². The molecular formula is C16H22N2O3. The third kappa shape index (κ3) is 5.56. The Morgan fingerprint density at radius 2 is 2.14 bits per heavy atom. The fourth-order valence-electron chi connectivity index (χ4n) is 1.95. The van der Waals surface area contributed by atoms with Crippen LogP contribution < -0.4 is 5.73 Å². The van der Waals surface area contributed by atoms with Crippen LogP contribution in [-0.2, 0) is 4.74 Å². The summed E-state index contributed by atoms with van der Waals surface area (Å²) in [5, 5.41) is 9.09. The third-order valence-electron chi connectivity index (χ3n) is 2.88. The van der Waals surface area contributed by atoms with Gasteiger partial charge in [-0.1, -0.05) is 11.8 Å². The van der Waals surface area contributed by atoms with Crippen LogP contribution in [0.5, 0.6) is 0 Å². The third-order valence-corrected chi connectivity index (χ3v) is 2.88. The van der Waals surface area contributed by atoms with Gasteiger partial charge < -0.3 is 20.5 Å². The van der Waals surface area contributed by atoms with Gasteiger partial charge in [-0.25, -0.2) is 0 Å². The zero-order valence-electron chi connectivity index (χ0n) is 12.6. The number of carbonyl (C=O) groups is 1. The normalized spacial score (nSPS) is 9.90. The van der Waals surface area contributed by atoms with Gasteiger partial charge in [0.1, 0.15) is 0 Å². The van der Waals surface area contributed by atoms with Gasteiger partial charge >= 0.3 is 0 Å². The Labute approximate surface area is 125 Å². The molecule has 0 fully saturated rings. The molecule has 1 rings (SSSR count). The van der Waals surface area contributed by atoms with Gasteiger partial charge in [-0.15, -0.1) is 0 Å². The zero-order chi connectivity index (χ0) is 15.7. The standard InChI is InChI=1S/C16H22N2O3/c1-13-10-14(4-3-5-17)12-15(11-13)16(20)18(6-8-19)7-9-21-2/h10-12,19H,5-9,17H2,1-2H3. The van der Waals surface area contributed by atoms with E-state index >= 15 is 0 Å². The molecule has 1 aromatic carbocycles. The fourth-order valence-corrected chi connectivity index (χ4v) is 1.95. The molecule has 5 nitrogen and oxygen atoms in total. The van der Waals surface area contributed by atoms with Gasteiger partial charge in [-0.05, 0) is 30.7 Å². The number of aliphatic hydroxyl groups is 1. The number of methoxy groups -OCH3 is 1. The number of benzene rings is 1. The van der Waals surface area contributed by atoms with E-state index in [-0.39, 0.29) is 25.6 Å². The Morgan fingerprint density at radius 1 is 1.38 bits per heavy atom. The maximum Gasteiger partial charge on any atom is 0.254 e. The van der Waals surface area contributed by atoms with E-state index in [1.54, 1.807) is 18.1 Å². The number of carbonyl (C=O) groups excluding carboxylic acids is 1. The van der Waals surface area contributed by atoms with Gasteiger partial charge in [0, 0.05) is 31.3 Å². The lowest BCUT2D eigenvalue weighted by Crippen LogP contribution is -2.36. The van der Waals surface area contributed by atoms with Crippen LogP contribution in [0.3, 0.4) is 0 Å². The maximum absolute atomic E-state index is 12.5. The fraction of sp³-hybridized carbons (Fsp3) is 0.438. The highest BCUT2D eigenvalue weighted by Gasteiger charge is 2.15. The average molecular weight is 290 g/mol. The van der Waals surface area contributed by atoms with Crippen LogP contribution in [0.4, 0.5) is 0 Å². The number of amides is 1. The first-order chi connectivity index (χ1) is 10.1. The second kappa shape index (κ2) is 9.14. The van der Waals surface area contributed by atoms with E-state index in [0.717, 1.165) is 11.1 Å². The van der Waals surface area contributed by atoms with Gasteiger partial charge in [0.2, 0.25) is 0 Å². The molecule has 0 unspecified atom stereocenters. The second-order valence-corrected chi connectivity index (χ2v) is 4.60. The monoisotopic (exact) mass is 290 g/mol. The number of nitrogens with zero attached hydrogens (tertiary/aromatic N) is 1. The molecule has 3 N–H and O–H groups in total. The molecule has 0 spiro atoms. The Hall–Kier alpha value is -1.87. The van der Waals surface area contributed by atoms with Gasteiger partial charge in [-0.3, -0.25) is 4.79 Å². The van der Waals surface area contributed by atoms with Crippen LogP contribution >= 0.6 is 0 Å². The van der Waals surface area contributed by atoms with Crippen LogP contribution in [0.2, 0.25) is 0 Å². The minimum atomic E-state index is -0.138. The minimum absolute atomic E-state index is 0.0822. The van der Waals surface area contributed by atoms with Crippen molar-refractivity contribution in [2.75, 3.05) is 40.0 Å². The number of nitrogens with two attached hydrogens (primary N) is 1. The summed E-state index contributed by atoms with van der Waals surface area (Å²) in [4.78, 5) is 14.1. The van der Waals surface area contributed by atoms with Crippen molar-refractivity contribution in [1.82, 2.24) is 4.90 Å². The number of aryl methyl sites for hydroxylation is 1. The van der Waals surface area contributed by atoms with Gasteiger partial charge in [0.15, 0.2) is 0 Å². The van der Waals surface area contributed by atoms with Crippen molar-refractivity contribution in [3.8, 4) is 11.8 Å². The molecule has 0 radical (unpaired) electrons. The number of ether oxygens (including phenoxy) is 1. The molecule has 0 aliphatic carbocycles. The maximum atomic E-state index is 12.5. The number of hydrogen-bond donors (Lipinski definition) is 2. The molecule has 0 aromatic heterocycles. The van der Waals surface area contributed by atoms with E-state index < -0.39 is 0 Å². The highest BCUT2D eigenvalue weighted by atomic mass is 16.5. The van der Waals surface area contributed by atoms with Crippen molar-refractivity contribution < 1.29 is 14.6 Å². The van der Waals surface area contributed by atoms with E-state index in [2.05, 4.69) is 11.8 Å². The Morgan fingerprint density at radius 3 is 2.76 bits per heavy atom. The average Bonchev–Trinajstić information content (AvgIpc) is 2.48. The molecular weight excluding hydrogens is 268 g/mol. The van der Waals surface area contributed by atoms with E-state index in [1.807, 2.05) is 19.1 Å². The van der Waals surface area contributed by atoms with Crippen LogP contribution in [-0.4, -0.2) is 55.9 Å². The van der Waals surface area contributed by atoms with Crippen molar-refractivity contribution in [2.24, 2.45) is 5.73 Å². The molecule has 1 amide bonds. The van der Waals surface area contributed by atoms with Crippen molar-refractivity contribution in [3.63, 3.8) is 0 Å². The summed E-state index contributed by atoms with van der Waals surface area (Å²) in [5.41, 5.74) is 7.64. The van der Waals surface area contributed by atoms with Crippen LogP contribution in [0.1, 0.15) is 21.5 Å². The molecule has 114 valence electrons. The highest BCUT2D eigenvalue weighted by molar-refractivity contribution is 5.94. The van der Waals surface area contributed by atoms with Crippen LogP contribution in [0.25, 0.3) is 0 Å².